The second-order valence-electron chi connectivity index (χ2n) is 7.18. The molecule has 0 aromatic heterocycles. The Morgan fingerprint density at radius 1 is 0.741 bits per heavy atom. The SMILES string of the molecule is CC(C)CCC(CC(C)OC(=O)c1ccccc1)OC(=O)c1ccccc1. The molecule has 0 saturated carbocycles. The zero-order valence-corrected chi connectivity index (χ0v) is 16.3. The van der Waals surface area contributed by atoms with Gasteiger partial charge in [0.2, 0.25) is 0 Å². The van der Waals surface area contributed by atoms with Crippen LogP contribution in [0.4, 0.5) is 0 Å². The van der Waals surface area contributed by atoms with Gasteiger partial charge in [0, 0.05) is 6.42 Å². The van der Waals surface area contributed by atoms with Gasteiger partial charge in [-0.15, -0.1) is 0 Å². The maximum Gasteiger partial charge on any atom is 0.338 e. The molecule has 0 bridgehead atoms. The van der Waals surface area contributed by atoms with Crippen molar-refractivity contribution < 1.29 is 19.1 Å². The van der Waals surface area contributed by atoms with E-state index < -0.39 is 0 Å². The molecule has 0 fully saturated rings. The Kier molecular flexibility index (Phi) is 8.05. The zero-order valence-electron chi connectivity index (χ0n) is 16.3. The molecule has 0 heterocycles. The highest BCUT2D eigenvalue weighted by molar-refractivity contribution is 5.90. The van der Waals surface area contributed by atoms with Crippen LogP contribution in [0.2, 0.25) is 0 Å². The number of ether oxygens (including phenoxy) is 2. The predicted molar refractivity (Wildman–Crippen MR) is 106 cm³/mol. The highest BCUT2D eigenvalue weighted by atomic mass is 16.6. The summed E-state index contributed by atoms with van der Waals surface area (Å²) >= 11 is 0. The first-order valence-electron chi connectivity index (χ1n) is 9.47. The second kappa shape index (κ2) is 10.5. The Hall–Kier alpha value is -2.62. The van der Waals surface area contributed by atoms with Crippen molar-refractivity contribution >= 4 is 11.9 Å². The minimum Gasteiger partial charge on any atom is -0.459 e. The summed E-state index contributed by atoms with van der Waals surface area (Å²) in [4.78, 5) is 24.6. The van der Waals surface area contributed by atoms with Crippen LogP contribution in [0.15, 0.2) is 60.7 Å². The van der Waals surface area contributed by atoms with Gasteiger partial charge in [0.1, 0.15) is 12.2 Å². The molecule has 0 aliphatic heterocycles. The normalized spacial score (nSPS) is 13.0. The Morgan fingerprint density at radius 3 is 1.70 bits per heavy atom. The number of carbonyl (C=O) groups excluding carboxylic acids is 2. The molecule has 0 N–H and O–H groups in total. The summed E-state index contributed by atoms with van der Waals surface area (Å²) in [5.41, 5.74) is 1.05. The van der Waals surface area contributed by atoms with E-state index in [9.17, 15) is 9.59 Å². The molecule has 0 aliphatic rings. The van der Waals surface area contributed by atoms with Crippen LogP contribution >= 0.6 is 0 Å². The first-order chi connectivity index (χ1) is 13.0. The van der Waals surface area contributed by atoms with Gasteiger partial charge in [0.05, 0.1) is 11.1 Å². The number of hydrogen-bond acceptors (Lipinski definition) is 4. The Morgan fingerprint density at radius 2 is 1.22 bits per heavy atom. The molecule has 0 saturated heterocycles. The Labute approximate surface area is 161 Å². The fraction of sp³-hybridized carbons (Fsp3) is 0.391. The van der Waals surface area contributed by atoms with Gasteiger partial charge in [-0.3, -0.25) is 0 Å². The van der Waals surface area contributed by atoms with Crippen molar-refractivity contribution in [1.29, 1.82) is 0 Å². The van der Waals surface area contributed by atoms with Crippen LogP contribution in [0, 0.1) is 5.92 Å². The van der Waals surface area contributed by atoms with Crippen molar-refractivity contribution in [2.45, 2.75) is 52.2 Å². The summed E-state index contributed by atoms with van der Waals surface area (Å²) in [5, 5.41) is 0. The van der Waals surface area contributed by atoms with Crippen LogP contribution in [-0.4, -0.2) is 24.1 Å². The summed E-state index contributed by atoms with van der Waals surface area (Å²) in [7, 11) is 0. The lowest BCUT2D eigenvalue weighted by atomic mass is 10.0. The van der Waals surface area contributed by atoms with Gasteiger partial charge < -0.3 is 9.47 Å². The summed E-state index contributed by atoms with van der Waals surface area (Å²) in [6.07, 6.45) is 1.51. The number of carbonyl (C=O) groups is 2. The summed E-state index contributed by atoms with van der Waals surface area (Å²) in [6.45, 7) is 6.10. The van der Waals surface area contributed by atoms with E-state index in [-0.39, 0.29) is 24.1 Å². The lowest BCUT2D eigenvalue weighted by Crippen LogP contribution is -2.26. The monoisotopic (exact) mass is 368 g/mol. The summed E-state index contributed by atoms with van der Waals surface area (Å²) in [6, 6.07) is 17.9. The molecule has 0 spiro atoms. The molecule has 2 atom stereocenters. The third-order valence-corrected chi connectivity index (χ3v) is 4.26. The summed E-state index contributed by atoms with van der Waals surface area (Å²) in [5.74, 6) is -0.198. The van der Waals surface area contributed by atoms with Crippen LogP contribution < -0.4 is 0 Å². The second-order valence-corrected chi connectivity index (χ2v) is 7.18. The average molecular weight is 368 g/mol. The molecule has 4 heteroatoms. The van der Waals surface area contributed by atoms with Crippen molar-refractivity contribution in [3.63, 3.8) is 0 Å². The molecular formula is C23H28O4. The van der Waals surface area contributed by atoms with Crippen molar-refractivity contribution in [3.8, 4) is 0 Å². The number of benzene rings is 2. The molecule has 0 amide bonds. The van der Waals surface area contributed by atoms with Crippen LogP contribution in [-0.2, 0) is 9.47 Å². The zero-order chi connectivity index (χ0) is 19.6. The first kappa shape index (κ1) is 20.7. The molecule has 2 aromatic rings. The predicted octanol–water partition coefficient (Wildman–Crippen LogP) is 5.28. The van der Waals surface area contributed by atoms with Crippen molar-refractivity contribution in [2.75, 3.05) is 0 Å². The van der Waals surface area contributed by atoms with E-state index in [2.05, 4.69) is 13.8 Å². The first-order valence-corrected chi connectivity index (χ1v) is 9.47. The maximum absolute atomic E-state index is 12.4. The van der Waals surface area contributed by atoms with Crippen LogP contribution in [0.25, 0.3) is 0 Å². The molecular weight excluding hydrogens is 340 g/mol. The third kappa shape index (κ3) is 7.26. The maximum atomic E-state index is 12.4. The largest absolute Gasteiger partial charge is 0.459 e. The Bertz CT molecular complexity index is 710. The molecule has 27 heavy (non-hydrogen) atoms. The van der Waals surface area contributed by atoms with E-state index in [4.69, 9.17) is 9.47 Å². The summed E-state index contributed by atoms with van der Waals surface area (Å²) < 4.78 is 11.2. The van der Waals surface area contributed by atoms with Gasteiger partial charge in [0.15, 0.2) is 0 Å². The standard InChI is InChI=1S/C23H28O4/c1-17(2)14-15-21(27-23(25)20-12-8-5-9-13-20)16-18(3)26-22(24)19-10-6-4-7-11-19/h4-13,17-18,21H,14-16H2,1-3H3. The van der Waals surface area contributed by atoms with Gasteiger partial charge in [0.25, 0.3) is 0 Å². The van der Waals surface area contributed by atoms with Gasteiger partial charge in [-0.25, -0.2) is 9.59 Å². The van der Waals surface area contributed by atoms with E-state index in [0.717, 1.165) is 12.8 Å². The molecule has 2 unspecified atom stereocenters. The molecule has 144 valence electrons. The fourth-order valence-electron chi connectivity index (χ4n) is 2.78. The molecule has 2 aromatic carbocycles. The van der Waals surface area contributed by atoms with Gasteiger partial charge in [-0.1, -0.05) is 50.2 Å². The molecule has 0 aliphatic carbocycles. The number of esters is 2. The smallest absolute Gasteiger partial charge is 0.338 e. The van der Waals surface area contributed by atoms with Crippen molar-refractivity contribution in [3.05, 3.63) is 71.8 Å². The van der Waals surface area contributed by atoms with E-state index in [1.54, 1.807) is 36.4 Å². The third-order valence-electron chi connectivity index (χ3n) is 4.26. The lowest BCUT2D eigenvalue weighted by Gasteiger charge is -2.22. The van der Waals surface area contributed by atoms with Crippen molar-refractivity contribution in [2.24, 2.45) is 5.92 Å². The van der Waals surface area contributed by atoms with Gasteiger partial charge >= 0.3 is 11.9 Å². The fourth-order valence-corrected chi connectivity index (χ4v) is 2.78. The topological polar surface area (TPSA) is 52.6 Å². The van der Waals surface area contributed by atoms with Crippen LogP contribution in [0.5, 0.6) is 0 Å². The van der Waals surface area contributed by atoms with E-state index in [0.29, 0.717) is 23.5 Å². The quantitative estimate of drug-likeness (QED) is 0.565. The minimum atomic E-state index is -0.361. The van der Waals surface area contributed by atoms with Crippen LogP contribution in [0.3, 0.4) is 0 Å². The minimum absolute atomic E-state index is 0.293. The van der Waals surface area contributed by atoms with E-state index in [1.165, 1.54) is 0 Å². The average Bonchev–Trinajstić information content (AvgIpc) is 2.67. The lowest BCUT2D eigenvalue weighted by molar-refractivity contribution is 0.000618. The molecule has 0 radical (unpaired) electrons. The Balaban J connectivity index is 1.96. The molecule has 4 nitrogen and oxygen atoms in total. The number of hydrogen-bond donors (Lipinski definition) is 0. The van der Waals surface area contributed by atoms with Gasteiger partial charge in [-0.2, -0.15) is 0 Å². The van der Waals surface area contributed by atoms with Crippen molar-refractivity contribution in [1.82, 2.24) is 0 Å². The van der Waals surface area contributed by atoms with E-state index >= 15 is 0 Å². The highest BCUT2D eigenvalue weighted by Crippen LogP contribution is 2.18. The van der Waals surface area contributed by atoms with Crippen LogP contribution in [0.1, 0.15) is 60.7 Å². The van der Waals surface area contributed by atoms with E-state index in [1.807, 2.05) is 31.2 Å². The molecule has 2 rings (SSSR count). The van der Waals surface area contributed by atoms with Gasteiger partial charge in [-0.05, 0) is 49.9 Å². The highest BCUT2D eigenvalue weighted by Gasteiger charge is 2.21. The number of rotatable bonds is 9.